The van der Waals surface area contributed by atoms with Gasteiger partial charge in [-0.1, -0.05) is 39.7 Å². The summed E-state index contributed by atoms with van der Waals surface area (Å²) in [5.74, 6) is 0.870. The van der Waals surface area contributed by atoms with Crippen molar-refractivity contribution in [2.45, 2.75) is 58.1 Å². The molecule has 0 aromatic rings. The van der Waals surface area contributed by atoms with Crippen LogP contribution < -0.4 is 0 Å². The maximum atomic E-state index is 2.47. The molecule has 0 N–H and O–H groups in total. The monoisotopic (exact) mass is 198 g/mol. The van der Waals surface area contributed by atoms with Crippen LogP contribution in [0.4, 0.5) is 0 Å². The Bertz CT molecular complexity index is 172. The van der Waals surface area contributed by atoms with Crippen LogP contribution in [0.2, 0.25) is 0 Å². The van der Waals surface area contributed by atoms with E-state index < -0.39 is 0 Å². The van der Waals surface area contributed by atoms with E-state index in [2.05, 4.69) is 38.6 Å². The summed E-state index contributed by atoms with van der Waals surface area (Å²) >= 11 is 2.11. The molecule has 0 aromatic carbocycles. The summed E-state index contributed by atoms with van der Waals surface area (Å²) in [7, 11) is 0. The Hall–Kier alpha value is 0.0900. The molecule has 13 heavy (non-hydrogen) atoms. The summed E-state index contributed by atoms with van der Waals surface area (Å²) in [5.41, 5.74) is 0. The van der Waals surface area contributed by atoms with Crippen molar-refractivity contribution in [3.05, 3.63) is 11.0 Å². The summed E-state index contributed by atoms with van der Waals surface area (Å²) < 4.78 is 0. The van der Waals surface area contributed by atoms with Crippen LogP contribution in [0.25, 0.3) is 0 Å². The van der Waals surface area contributed by atoms with Gasteiger partial charge in [0.25, 0.3) is 0 Å². The molecule has 0 saturated carbocycles. The van der Waals surface area contributed by atoms with E-state index >= 15 is 0 Å². The van der Waals surface area contributed by atoms with Crippen molar-refractivity contribution < 1.29 is 0 Å². The molecule has 1 heterocycles. The normalized spacial score (nSPS) is 24.5. The SMILES string of the molecule is CCCCC(CC)C1=CCC(C)S1. The molecule has 76 valence electrons. The quantitative estimate of drug-likeness (QED) is 0.621. The summed E-state index contributed by atoms with van der Waals surface area (Å²) in [4.78, 5) is 1.68. The summed E-state index contributed by atoms with van der Waals surface area (Å²) in [6, 6.07) is 0. The van der Waals surface area contributed by atoms with Crippen LogP contribution in [-0.4, -0.2) is 5.25 Å². The van der Waals surface area contributed by atoms with Crippen molar-refractivity contribution in [2.75, 3.05) is 0 Å². The first-order chi connectivity index (χ1) is 6.27. The Morgan fingerprint density at radius 3 is 2.77 bits per heavy atom. The molecular weight excluding hydrogens is 176 g/mol. The van der Waals surface area contributed by atoms with E-state index in [-0.39, 0.29) is 0 Å². The lowest BCUT2D eigenvalue weighted by atomic mass is 9.98. The van der Waals surface area contributed by atoms with Gasteiger partial charge in [0.1, 0.15) is 0 Å². The average Bonchev–Trinajstić information content (AvgIpc) is 2.54. The highest BCUT2D eigenvalue weighted by Crippen LogP contribution is 2.39. The van der Waals surface area contributed by atoms with Crippen LogP contribution in [0, 0.1) is 5.92 Å². The van der Waals surface area contributed by atoms with Gasteiger partial charge in [-0.3, -0.25) is 0 Å². The van der Waals surface area contributed by atoms with Gasteiger partial charge in [0.15, 0.2) is 0 Å². The predicted molar refractivity (Wildman–Crippen MR) is 63.1 cm³/mol. The fourth-order valence-electron chi connectivity index (χ4n) is 1.87. The molecule has 1 heteroatoms. The number of allylic oxidation sites excluding steroid dienone is 2. The van der Waals surface area contributed by atoms with Gasteiger partial charge in [0.2, 0.25) is 0 Å². The highest BCUT2D eigenvalue weighted by molar-refractivity contribution is 8.03. The van der Waals surface area contributed by atoms with Gasteiger partial charge in [-0.05, 0) is 30.1 Å². The standard InChI is InChI=1S/C12H22S/c1-4-6-7-11(5-2)12-9-8-10(3)13-12/h9-11H,4-8H2,1-3H3. The third-order valence-electron chi connectivity index (χ3n) is 2.79. The maximum Gasteiger partial charge on any atom is 0.00977 e. The minimum absolute atomic E-state index is 0.839. The first-order valence-electron chi connectivity index (χ1n) is 5.64. The van der Waals surface area contributed by atoms with Gasteiger partial charge in [0.05, 0.1) is 0 Å². The zero-order valence-corrected chi connectivity index (χ0v) is 9.99. The van der Waals surface area contributed by atoms with Gasteiger partial charge in [-0.15, -0.1) is 11.8 Å². The van der Waals surface area contributed by atoms with Crippen LogP contribution >= 0.6 is 11.8 Å². The Balaban J connectivity index is 2.37. The Labute approximate surface area is 87.2 Å². The fourth-order valence-corrected chi connectivity index (χ4v) is 3.20. The number of hydrogen-bond donors (Lipinski definition) is 0. The highest BCUT2D eigenvalue weighted by Gasteiger charge is 2.19. The molecule has 0 aliphatic carbocycles. The number of rotatable bonds is 5. The van der Waals surface area contributed by atoms with Gasteiger partial charge in [0, 0.05) is 5.25 Å². The lowest BCUT2D eigenvalue weighted by Gasteiger charge is -2.15. The molecule has 1 aliphatic rings. The van der Waals surface area contributed by atoms with Crippen molar-refractivity contribution in [1.82, 2.24) is 0 Å². The zero-order chi connectivity index (χ0) is 9.68. The lowest BCUT2D eigenvalue weighted by Crippen LogP contribution is -1.99. The second-order valence-corrected chi connectivity index (χ2v) is 5.53. The first kappa shape index (κ1) is 11.2. The molecule has 0 spiro atoms. The minimum Gasteiger partial charge on any atom is -0.127 e. The van der Waals surface area contributed by atoms with Gasteiger partial charge < -0.3 is 0 Å². The van der Waals surface area contributed by atoms with Crippen LogP contribution in [0.3, 0.4) is 0 Å². The van der Waals surface area contributed by atoms with Gasteiger partial charge >= 0.3 is 0 Å². The average molecular weight is 198 g/mol. The predicted octanol–water partition coefficient (Wildman–Crippen LogP) is 4.61. The van der Waals surface area contributed by atoms with E-state index in [0.717, 1.165) is 11.2 Å². The Kier molecular flexibility index (Phi) is 4.93. The van der Waals surface area contributed by atoms with Crippen molar-refractivity contribution in [1.29, 1.82) is 0 Å². The number of hydrogen-bond acceptors (Lipinski definition) is 1. The van der Waals surface area contributed by atoms with E-state index in [4.69, 9.17) is 0 Å². The molecule has 0 bridgehead atoms. The Morgan fingerprint density at radius 1 is 1.54 bits per heavy atom. The van der Waals surface area contributed by atoms with Crippen molar-refractivity contribution in [3.63, 3.8) is 0 Å². The Morgan fingerprint density at radius 2 is 2.31 bits per heavy atom. The zero-order valence-electron chi connectivity index (χ0n) is 9.18. The maximum absolute atomic E-state index is 2.47. The lowest BCUT2D eigenvalue weighted by molar-refractivity contribution is 0.533. The van der Waals surface area contributed by atoms with E-state index in [1.165, 1.54) is 32.1 Å². The molecule has 0 saturated heterocycles. The molecule has 0 radical (unpaired) electrons. The molecule has 2 atom stereocenters. The third kappa shape index (κ3) is 3.38. The molecular formula is C12H22S. The number of unbranched alkanes of at least 4 members (excludes halogenated alkanes) is 1. The van der Waals surface area contributed by atoms with E-state index in [9.17, 15) is 0 Å². The van der Waals surface area contributed by atoms with Crippen molar-refractivity contribution in [2.24, 2.45) is 5.92 Å². The van der Waals surface area contributed by atoms with Crippen molar-refractivity contribution >= 4 is 11.8 Å². The van der Waals surface area contributed by atoms with E-state index in [1.807, 2.05) is 0 Å². The molecule has 0 amide bonds. The highest BCUT2D eigenvalue weighted by atomic mass is 32.2. The first-order valence-corrected chi connectivity index (χ1v) is 6.52. The molecule has 2 unspecified atom stereocenters. The molecule has 0 aromatic heterocycles. The smallest absolute Gasteiger partial charge is 0.00977 e. The summed E-state index contributed by atoms with van der Waals surface area (Å²) in [6.45, 7) is 6.94. The second kappa shape index (κ2) is 5.74. The molecule has 1 rings (SSSR count). The van der Waals surface area contributed by atoms with E-state index in [1.54, 1.807) is 4.91 Å². The van der Waals surface area contributed by atoms with Crippen LogP contribution in [0.15, 0.2) is 11.0 Å². The van der Waals surface area contributed by atoms with Gasteiger partial charge in [-0.25, -0.2) is 0 Å². The minimum atomic E-state index is 0.839. The van der Waals surface area contributed by atoms with Crippen LogP contribution in [-0.2, 0) is 0 Å². The van der Waals surface area contributed by atoms with Crippen LogP contribution in [0.1, 0.15) is 52.9 Å². The molecule has 1 aliphatic heterocycles. The summed E-state index contributed by atoms with van der Waals surface area (Å²) in [5, 5.41) is 0.839. The largest absolute Gasteiger partial charge is 0.127 e. The molecule has 0 nitrogen and oxygen atoms in total. The summed E-state index contributed by atoms with van der Waals surface area (Å²) in [6.07, 6.45) is 9.22. The fraction of sp³-hybridized carbons (Fsp3) is 0.833. The van der Waals surface area contributed by atoms with Gasteiger partial charge in [-0.2, -0.15) is 0 Å². The molecule has 0 fully saturated rings. The van der Waals surface area contributed by atoms with E-state index in [0.29, 0.717) is 0 Å². The number of thioether (sulfide) groups is 1. The second-order valence-electron chi connectivity index (χ2n) is 4.02. The third-order valence-corrected chi connectivity index (χ3v) is 4.16. The topological polar surface area (TPSA) is 0 Å². The van der Waals surface area contributed by atoms with Crippen molar-refractivity contribution in [3.8, 4) is 0 Å². The van der Waals surface area contributed by atoms with Crippen LogP contribution in [0.5, 0.6) is 0 Å².